The summed E-state index contributed by atoms with van der Waals surface area (Å²) in [6, 6.07) is 29.7. The molecular weight excluding hydrogens is 712 g/mol. The highest BCUT2D eigenvalue weighted by Gasteiger charge is 2.20. The Morgan fingerprint density at radius 1 is 0.607 bits per heavy atom. The van der Waals surface area contributed by atoms with Gasteiger partial charge in [0.25, 0.3) is 0 Å². The van der Waals surface area contributed by atoms with Gasteiger partial charge in [0.15, 0.2) is 6.61 Å². The van der Waals surface area contributed by atoms with Crippen LogP contribution in [0.4, 0.5) is 0 Å². The molecule has 0 amide bonds. The zero-order chi connectivity index (χ0) is 39.5. The van der Waals surface area contributed by atoms with Crippen LogP contribution in [0.15, 0.2) is 122 Å². The molecule has 1 saturated carbocycles. The summed E-state index contributed by atoms with van der Waals surface area (Å²) in [5, 5.41) is 0. The molecule has 10 heteroatoms. The van der Waals surface area contributed by atoms with E-state index in [9.17, 15) is 19.2 Å². The highest BCUT2D eigenvalue weighted by Crippen LogP contribution is 2.27. The largest absolute Gasteiger partial charge is 0.494 e. The van der Waals surface area contributed by atoms with E-state index in [0.29, 0.717) is 35.8 Å². The van der Waals surface area contributed by atoms with E-state index in [1.165, 1.54) is 6.42 Å². The number of benzene rings is 4. The number of unbranched alkanes of at least 4 members (excludes halogenated alkanes) is 3. The third-order valence-corrected chi connectivity index (χ3v) is 9.17. The lowest BCUT2D eigenvalue weighted by Gasteiger charge is -2.21. The van der Waals surface area contributed by atoms with Gasteiger partial charge in [-0.15, -0.1) is 0 Å². The summed E-state index contributed by atoms with van der Waals surface area (Å²) in [6.07, 6.45) is 9.24. The Kier molecular flexibility index (Phi) is 15.9. The summed E-state index contributed by atoms with van der Waals surface area (Å²) in [5.41, 5.74) is 4.52. The fraction of sp³-hybridized carbons (Fsp3) is 0.304. The van der Waals surface area contributed by atoms with Crippen LogP contribution < -0.4 is 14.2 Å². The first kappa shape index (κ1) is 41.0. The van der Waals surface area contributed by atoms with Crippen molar-refractivity contribution in [3.63, 3.8) is 0 Å². The molecule has 56 heavy (non-hydrogen) atoms. The number of carbonyl (C=O) groups is 4. The summed E-state index contributed by atoms with van der Waals surface area (Å²) in [5.74, 6) is -0.314. The highest BCUT2D eigenvalue weighted by atomic mass is 16.6. The number of esters is 4. The SMILES string of the molecule is C=COC(=O)COc1ccc(-c2ccc(-c3ccc(C(=O)Oc4ccc(OCCCCCCOC(=O)C(=C)CC(=O)OC5CCCCC5)cc4)cc3)cc2)cc1. The molecule has 0 aliphatic heterocycles. The molecule has 0 bridgehead atoms. The Morgan fingerprint density at radius 3 is 1.73 bits per heavy atom. The van der Waals surface area contributed by atoms with Gasteiger partial charge < -0.3 is 28.4 Å². The maximum Gasteiger partial charge on any atom is 0.348 e. The van der Waals surface area contributed by atoms with Gasteiger partial charge in [-0.3, -0.25) is 4.79 Å². The number of ether oxygens (including phenoxy) is 6. The Morgan fingerprint density at radius 2 is 1.12 bits per heavy atom. The van der Waals surface area contributed by atoms with E-state index >= 15 is 0 Å². The molecule has 4 aromatic rings. The van der Waals surface area contributed by atoms with Gasteiger partial charge in [0.05, 0.1) is 31.5 Å². The summed E-state index contributed by atoms with van der Waals surface area (Å²) in [4.78, 5) is 48.6. The van der Waals surface area contributed by atoms with E-state index in [2.05, 4.69) is 17.9 Å². The van der Waals surface area contributed by atoms with Gasteiger partial charge in [-0.2, -0.15) is 0 Å². The van der Waals surface area contributed by atoms with Crippen LogP contribution in [0.2, 0.25) is 0 Å². The van der Waals surface area contributed by atoms with Crippen molar-refractivity contribution in [1.29, 1.82) is 0 Å². The van der Waals surface area contributed by atoms with Gasteiger partial charge in [-0.25, -0.2) is 14.4 Å². The van der Waals surface area contributed by atoms with Crippen LogP contribution in [0.5, 0.6) is 17.2 Å². The average Bonchev–Trinajstić information content (AvgIpc) is 3.22. The molecule has 0 radical (unpaired) electrons. The molecule has 1 aliphatic carbocycles. The molecule has 0 N–H and O–H groups in total. The first-order valence-electron chi connectivity index (χ1n) is 19.0. The fourth-order valence-corrected chi connectivity index (χ4v) is 6.11. The van der Waals surface area contributed by atoms with Crippen molar-refractivity contribution < 1.29 is 47.6 Å². The summed E-state index contributed by atoms with van der Waals surface area (Å²) < 4.78 is 32.2. The van der Waals surface area contributed by atoms with Gasteiger partial charge >= 0.3 is 23.9 Å². The molecule has 0 saturated heterocycles. The predicted molar refractivity (Wildman–Crippen MR) is 212 cm³/mol. The molecule has 0 spiro atoms. The minimum absolute atomic E-state index is 0.0475. The van der Waals surface area contributed by atoms with Gasteiger partial charge in [-0.05, 0) is 122 Å². The number of hydrogen-bond acceptors (Lipinski definition) is 10. The number of rotatable bonds is 20. The zero-order valence-electron chi connectivity index (χ0n) is 31.6. The highest BCUT2D eigenvalue weighted by molar-refractivity contribution is 5.93. The van der Waals surface area contributed by atoms with E-state index in [0.717, 1.165) is 73.5 Å². The van der Waals surface area contributed by atoms with Crippen molar-refractivity contribution in [3.8, 4) is 39.5 Å². The molecule has 0 aromatic heterocycles. The molecule has 0 unspecified atom stereocenters. The second-order valence-electron chi connectivity index (χ2n) is 13.4. The van der Waals surface area contributed by atoms with Crippen molar-refractivity contribution in [1.82, 2.24) is 0 Å². The van der Waals surface area contributed by atoms with Crippen molar-refractivity contribution in [2.45, 2.75) is 70.3 Å². The molecule has 1 aliphatic rings. The molecule has 1 fully saturated rings. The Bertz CT molecular complexity index is 1910. The second-order valence-corrected chi connectivity index (χ2v) is 13.4. The van der Waals surface area contributed by atoms with E-state index in [1.54, 1.807) is 48.5 Å². The Balaban J connectivity index is 0.950. The third-order valence-electron chi connectivity index (χ3n) is 9.17. The molecule has 292 valence electrons. The third kappa shape index (κ3) is 13.3. The Labute approximate surface area is 328 Å². The topological polar surface area (TPSA) is 124 Å². The quantitative estimate of drug-likeness (QED) is 0.0215. The van der Waals surface area contributed by atoms with E-state index in [1.807, 2.05) is 48.5 Å². The molecule has 0 heterocycles. The predicted octanol–water partition coefficient (Wildman–Crippen LogP) is 9.61. The van der Waals surface area contributed by atoms with Gasteiger partial charge in [0.2, 0.25) is 0 Å². The lowest BCUT2D eigenvalue weighted by atomic mass is 9.98. The van der Waals surface area contributed by atoms with Gasteiger partial charge in [0, 0.05) is 5.57 Å². The van der Waals surface area contributed by atoms with Crippen molar-refractivity contribution in [2.24, 2.45) is 0 Å². The minimum atomic E-state index is -0.555. The summed E-state index contributed by atoms with van der Waals surface area (Å²) >= 11 is 0. The van der Waals surface area contributed by atoms with E-state index in [-0.39, 0.29) is 31.3 Å². The average molecular weight is 761 g/mol. The summed E-state index contributed by atoms with van der Waals surface area (Å²) in [6.45, 7) is 7.63. The number of carbonyl (C=O) groups excluding carboxylic acids is 4. The summed E-state index contributed by atoms with van der Waals surface area (Å²) in [7, 11) is 0. The standard InChI is InChI=1S/C46H48O10/c1-3-51-44(48)32-54-40-23-21-37(22-24-40)35-15-13-34(14-16-35)36-17-19-38(20-18-36)46(50)56-42-27-25-39(26-28-42)52-29-9-4-5-10-30-53-45(49)33(2)31-43(47)55-41-11-7-6-8-12-41/h3,13-28,41H,1-2,4-12,29-32H2. The van der Waals surface area contributed by atoms with Crippen LogP contribution in [0.1, 0.15) is 74.6 Å². The van der Waals surface area contributed by atoms with Crippen LogP contribution in [-0.4, -0.2) is 49.8 Å². The minimum Gasteiger partial charge on any atom is -0.494 e. The van der Waals surface area contributed by atoms with Crippen LogP contribution in [0, 0.1) is 0 Å². The monoisotopic (exact) mass is 760 g/mol. The van der Waals surface area contributed by atoms with Crippen LogP contribution in [0.3, 0.4) is 0 Å². The molecular formula is C46H48O10. The Hall–Kier alpha value is -6.16. The van der Waals surface area contributed by atoms with E-state index < -0.39 is 23.9 Å². The van der Waals surface area contributed by atoms with Crippen LogP contribution >= 0.6 is 0 Å². The maximum absolute atomic E-state index is 12.8. The first-order valence-corrected chi connectivity index (χ1v) is 19.0. The van der Waals surface area contributed by atoms with Crippen LogP contribution in [0.25, 0.3) is 22.3 Å². The lowest BCUT2D eigenvalue weighted by Crippen LogP contribution is -2.22. The molecule has 5 rings (SSSR count). The first-order chi connectivity index (χ1) is 27.3. The smallest absolute Gasteiger partial charge is 0.348 e. The van der Waals surface area contributed by atoms with E-state index in [4.69, 9.17) is 23.7 Å². The van der Waals surface area contributed by atoms with Crippen LogP contribution in [-0.2, 0) is 28.6 Å². The van der Waals surface area contributed by atoms with Crippen molar-refractivity contribution >= 4 is 23.9 Å². The van der Waals surface area contributed by atoms with Crippen molar-refractivity contribution in [2.75, 3.05) is 19.8 Å². The zero-order valence-corrected chi connectivity index (χ0v) is 31.6. The van der Waals surface area contributed by atoms with Gasteiger partial charge in [-0.1, -0.05) is 68.1 Å². The molecule has 4 aromatic carbocycles. The lowest BCUT2D eigenvalue weighted by molar-refractivity contribution is -0.151. The molecule has 0 atom stereocenters. The maximum atomic E-state index is 12.8. The molecule has 10 nitrogen and oxygen atoms in total. The normalized spacial score (nSPS) is 12.5. The second kappa shape index (κ2) is 21.7. The van der Waals surface area contributed by atoms with Crippen molar-refractivity contribution in [3.05, 3.63) is 128 Å². The number of hydrogen-bond donors (Lipinski definition) is 0. The fourth-order valence-electron chi connectivity index (χ4n) is 6.11. The van der Waals surface area contributed by atoms with Gasteiger partial charge in [0.1, 0.15) is 23.4 Å².